The number of hydrogen-bond donors (Lipinski definition) is 1. The van der Waals surface area contributed by atoms with E-state index in [2.05, 4.69) is 5.32 Å². The third-order valence-electron chi connectivity index (χ3n) is 3.63. The molecule has 128 valence electrons. The van der Waals surface area contributed by atoms with Crippen molar-refractivity contribution >= 4 is 29.1 Å². The molecule has 0 heterocycles. The summed E-state index contributed by atoms with van der Waals surface area (Å²) in [6.07, 6.45) is 0.242. The summed E-state index contributed by atoms with van der Waals surface area (Å²) >= 11 is 11.9. The molecule has 0 aliphatic rings. The molecule has 1 unspecified atom stereocenters. The van der Waals surface area contributed by atoms with Gasteiger partial charge in [0.25, 0.3) is 0 Å². The minimum atomic E-state index is -0.174. The second-order valence-corrected chi connectivity index (χ2v) is 6.14. The van der Waals surface area contributed by atoms with Crippen LogP contribution in [0.3, 0.4) is 0 Å². The Balaban J connectivity index is 2.03. The number of carbonyl (C=O) groups excluding carboxylic acids is 1. The number of methoxy groups -OCH3 is 2. The van der Waals surface area contributed by atoms with Gasteiger partial charge in [-0.15, -0.1) is 0 Å². The van der Waals surface area contributed by atoms with Crippen molar-refractivity contribution in [1.29, 1.82) is 0 Å². The lowest BCUT2D eigenvalue weighted by Crippen LogP contribution is -2.28. The Bertz CT molecular complexity index is 734. The number of amides is 1. The molecule has 0 bridgehead atoms. The van der Waals surface area contributed by atoms with Crippen molar-refractivity contribution in [3.8, 4) is 11.5 Å². The molecular weight excluding hydrogens is 349 g/mol. The Morgan fingerprint density at radius 2 is 1.75 bits per heavy atom. The summed E-state index contributed by atoms with van der Waals surface area (Å²) in [5, 5.41) is 3.90. The van der Waals surface area contributed by atoms with E-state index in [-0.39, 0.29) is 18.4 Å². The fourth-order valence-corrected chi connectivity index (χ4v) is 2.64. The van der Waals surface area contributed by atoms with E-state index in [4.69, 9.17) is 32.7 Å². The minimum Gasteiger partial charge on any atom is -0.493 e. The second kappa shape index (κ2) is 8.27. The zero-order chi connectivity index (χ0) is 17.7. The van der Waals surface area contributed by atoms with Gasteiger partial charge in [0.15, 0.2) is 11.5 Å². The first-order chi connectivity index (χ1) is 11.4. The molecule has 1 N–H and O–H groups in total. The predicted octanol–water partition coefficient (Wildman–Crippen LogP) is 4.43. The molecule has 1 atom stereocenters. The summed E-state index contributed by atoms with van der Waals surface area (Å²) in [7, 11) is 3.14. The summed E-state index contributed by atoms with van der Waals surface area (Å²) in [4.78, 5) is 12.3. The molecule has 0 aliphatic heterocycles. The highest BCUT2D eigenvalue weighted by Crippen LogP contribution is 2.28. The largest absolute Gasteiger partial charge is 0.493 e. The van der Waals surface area contributed by atoms with Gasteiger partial charge in [0.2, 0.25) is 5.91 Å². The molecule has 2 aromatic carbocycles. The van der Waals surface area contributed by atoms with Gasteiger partial charge in [-0.05, 0) is 42.3 Å². The third kappa shape index (κ3) is 4.56. The normalized spacial score (nSPS) is 11.7. The molecule has 4 nitrogen and oxygen atoms in total. The SMILES string of the molecule is COc1ccc(CC(=O)NC(C)c2ccc(Cl)c(Cl)c2)cc1OC. The lowest BCUT2D eigenvalue weighted by Gasteiger charge is -2.15. The molecule has 0 saturated heterocycles. The predicted molar refractivity (Wildman–Crippen MR) is 96.3 cm³/mol. The number of nitrogens with one attached hydrogen (secondary N) is 1. The van der Waals surface area contributed by atoms with Crippen LogP contribution in [-0.2, 0) is 11.2 Å². The molecule has 2 aromatic rings. The highest BCUT2D eigenvalue weighted by Gasteiger charge is 2.13. The van der Waals surface area contributed by atoms with Crippen LogP contribution in [0.25, 0.3) is 0 Å². The van der Waals surface area contributed by atoms with Crippen molar-refractivity contribution in [3.63, 3.8) is 0 Å². The van der Waals surface area contributed by atoms with Gasteiger partial charge in [-0.2, -0.15) is 0 Å². The number of rotatable bonds is 6. The summed E-state index contributed by atoms with van der Waals surface area (Å²) in [5.41, 5.74) is 1.73. The Labute approximate surface area is 151 Å². The molecule has 0 aromatic heterocycles. The number of benzene rings is 2. The number of carbonyl (C=O) groups is 1. The molecule has 0 saturated carbocycles. The maximum atomic E-state index is 12.3. The van der Waals surface area contributed by atoms with Crippen LogP contribution in [0.1, 0.15) is 24.1 Å². The molecular formula is C18H19Cl2NO3. The molecule has 2 rings (SSSR count). The van der Waals surface area contributed by atoms with E-state index >= 15 is 0 Å². The Morgan fingerprint density at radius 1 is 1.04 bits per heavy atom. The highest BCUT2D eigenvalue weighted by atomic mass is 35.5. The number of ether oxygens (including phenoxy) is 2. The van der Waals surface area contributed by atoms with Crippen molar-refractivity contribution in [2.75, 3.05) is 14.2 Å². The number of halogens is 2. The Kier molecular flexibility index (Phi) is 6.35. The van der Waals surface area contributed by atoms with Gasteiger partial charge in [0.05, 0.1) is 36.7 Å². The summed E-state index contributed by atoms with van der Waals surface area (Å²) in [5.74, 6) is 1.13. The van der Waals surface area contributed by atoms with E-state index in [1.807, 2.05) is 19.1 Å². The van der Waals surface area contributed by atoms with Crippen LogP contribution < -0.4 is 14.8 Å². The van der Waals surface area contributed by atoms with Crippen LogP contribution in [-0.4, -0.2) is 20.1 Å². The zero-order valence-corrected chi connectivity index (χ0v) is 15.2. The van der Waals surface area contributed by atoms with Gasteiger partial charge in [0.1, 0.15) is 0 Å². The quantitative estimate of drug-likeness (QED) is 0.821. The van der Waals surface area contributed by atoms with Gasteiger partial charge in [-0.25, -0.2) is 0 Å². The van der Waals surface area contributed by atoms with Gasteiger partial charge >= 0.3 is 0 Å². The zero-order valence-electron chi connectivity index (χ0n) is 13.7. The van der Waals surface area contributed by atoms with Crippen LogP contribution in [0.4, 0.5) is 0 Å². The molecule has 1 amide bonds. The average molecular weight is 368 g/mol. The fourth-order valence-electron chi connectivity index (χ4n) is 2.33. The molecule has 0 fully saturated rings. The van der Waals surface area contributed by atoms with Gasteiger partial charge in [-0.1, -0.05) is 35.3 Å². The van der Waals surface area contributed by atoms with Crippen molar-refractivity contribution in [2.24, 2.45) is 0 Å². The Morgan fingerprint density at radius 3 is 2.38 bits per heavy atom. The molecule has 0 radical (unpaired) electrons. The molecule has 0 aliphatic carbocycles. The number of hydrogen-bond acceptors (Lipinski definition) is 3. The molecule has 24 heavy (non-hydrogen) atoms. The van der Waals surface area contributed by atoms with Crippen LogP contribution in [0.2, 0.25) is 10.0 Å². The lowest BCUT2D eigenvalue weighted by atomic mass is 10.1. The smallest absolute Gasteiger partial charge is 0.224 e. The van der Waals surface area contributed by atoms with Crippen LogP contribution in [0, 0.1) is 0 Å². The first-order valence-corrected chi connectivity index (χ1v) is 8.15. The van der Waals surface area contributed by atoms with E-state index in [1.165, 1.54) is 0 Å². The summed E-state index contributed by atoms with van der Waals surface area (Å²) in [6, 6.07) is 10.6. The van der Waals surface area contributed by atoms with Gasteiger partial charge in [0, 0.05) is 0 Å². The van der Waals surface area contributed by atoms with Crippen LogP contribution in [0.5, 0.6) is 11.5 Å². The van der Waals surface area contributed by atoms with Crippen LogP contribution >= 0.6 is 23.2 Å². The van der Waals surface area contributed by atoms with Crippen molar-refractivity contribution < 1.29 is 14.3 Å². The highest BCUT2D eigenvalue weighted by molar-refractivity contribution is 6.42. The first kappa shape index (κ1) is 18.4. The summed E-state index contributed by atoms with van der Waals surface area (Å²) in [6.45, 7) is 1.89. The van der Waals surface area contributed by atoms with E-state index in [9.17, 15) is 4.79 Å². The third-order valence-corrected chi connectivity index (χ3v) is 4.37. The summed E-state index contributed by atoms with van der Waals surface area (Å²) < 4.78 is 10.4. The molecule has 6 heteroatoms. The van der Waals surface area contributed by atoms with Gasteiger partial charge in [-0.3, -0.25) is 4.79 Å². The van der Waals surface area contributed by atoms with E-state index < -0.39 is 0 Å². The topological polar surface area (TPSA) is 47.6 Å². The van der Waals surface area contributed by atoms with Gasteiger partial charge < -0.3 is 14.8 Å². The van der Waals surface area contributed by atoms with Crippen molar-refractivity contribution in [2.45, 2.75) is 19.4 Å². The molecule has 0 spiro atoms. The van der Waals surface area contributed by atoms with Crippen LogP contribution in [0.15, 0.2) is 36.4 Å². The maximum Gasteiger partial charge on any atom is 0.224 e. The minimum absolute atomic E-state index is 0.0965. The maximum absolute atomic E-state index is 12.3. The standard InChI is InChI=1S/C18H19Cl2NO3/c1-11(13-5-6-14(19)15(20)10-13)21-18(22)9-12-4-7-16(23-2)17(8-12)24-3/h4-8,10-11H,9H2,1-3H3,(H,21,22). The van der Waals surface area contributed by atoms with Crippen molar-refractivity contribution in [1.82, 2.24) is 5.32 Å². The van der Waals surface area contributed by atoms with Crippen molar-refractivity contribution in [3.05, 3.63) is 57.6 Å². The van der Waals surface area contributed by atoms with E-state index in [0.717, 1.165) is 11.1 Å². The Hall–Kier alpha value is -1.91. The average Bonchev–Trinajstić information content (AvgIpc) is 2.56. The first-order valence-electron chi connectivity index (χ1n) is 7.39. The second-order valence-electron chi connectivity index (χ2n) is 5.33. The monoisotopic (exact) mass is 367 g/mol. The van der Waals surface area contributed by atoms with E-state index in [1.54, 1.807) is 38.5 Å². The fraction of sp³-hybridized carbons (Fsp3) is 0.278. The lowest BCUT2D eigenvalue weighted by molar-refractivity contribution is -0.121. The van der Waals surface area contributed by atoms with E-state index in [0.29, 0.717) is 21.5 Å².